The van der Waals surface area contributed by atoms with Crippen molar-refractivity contribution in [3.05, 3.63) is 0 Å². The van der Waals surface area contributed by atoms with Gasteiger partial charge >= 0.3 is 0 Å². The lowest BCUT2D eigenvalue weighted by molar-refractivity contribution is -0.283. The topological polar surface area (TPSA) is 9.23 Å². The van der Waals surface area contributed by atoms with Gasteiger partial charge in [-0.2, -0.15) is 0 Å². The molecule has 0 spiro atoms. The van der Waals surface area contributed by atoms with Crippen LogP contribution < -0.4 is 0 Å². The maximum absolute atomic E-state index is 5.21. The quantitative estimate of drug-likeness (QED) is 0.454. The smallest absolute Gasteiger partial charge is 0.161 e. The maximum Gasteiger partial charge on any atom is 0.161 e. The lowest BCUT2D eigenvalue weighted by atomic mass is 9.28. The molecule has 2 heteroatoms. The molecule has 1 aliphatic carbocycles. The average molecular weight is 355 g/mol. The van der Waals surface area contributed by atoms with Crippen molar-refractivity contribution in [2.75, 3.05) is 6.61 Å². The van der Waals surface area contributed by atoms with Crippen LogP contribution in [0.25, 0.3) is 0 Å². The third kappa shape index (κ3) is 2.75. The van der Waals surface area contributed by atoms with Crippen LogP contribution in [0.1, 0.15) is 95.9 Å². The van der Waals surface area contributed by atoms with Gasteiger partial charge < -0.3 is 4.43 Å². The minimum atomic E-state index is 0.00849. The molecule has 0 aromatic carbocycles. The highest BCUT2D eigenvalue weighted by molar-refractivity contribution is 6.27. The fraction of sp³-hybridized carbons (Fsp3) is 1.00. The highest BCUT2D eigenvalue weighted by Gasteiger charge is 2.71. The number of hydrogen-bond donors (Lipinski definition) is 0. The van der Waals surface area contributed by atoms with Crippen LogP contribution in [0.3, 0.4) is 0 Å². The lowest BCUT2D eigenvalue weighted by Gasteiger charge is -2.76. The monoisotopic (exact) mass is 354 g/mol. The van der Waals surface area contributed by atoms with E-state index in [0.717, 1.165) is 6.61 Å². The molecule has 0 unspecified atom stereocenters. The molecule has 0 aromatic rings. The van der Waals surface area contributed by atoms with E-state index in [1.54, 1.807) is 0 Å². The fourth-order valence-electron chi connectivity index (χ4n) is 5.37. The van der Waals surface area contributed by atoms with Gasteiger partial charge in [-0.25, -0.2) is 0 Å². The van der Waals surface area contributed by atoms with E-state index in [0.29, 0.717) is 32.5 Å². The van der Waals surface area contributed by atoms with Crippen LogP contribution in [0.15, 0.2) is 0 Å². The minimum Gasteiger partial charge on any atom is -0.424 e. The summed E-state index contributed by atoms with van der Waals surface area (Å²) in [4.78, 5) is 0. The predicted octanol–water partition coefficient (Wildman–Crippen LogP) is 6.46. The van der Waals surface area contributed by atoms with E-state index in [1.165, 1.54) is 18.9 Å². The summed E-state index contributed by atoms with van der Waals surface area (Å²) in [5.41, 5.74) is 1.76. The van der Waals surface area contributed by atoms with Crippen molar-refractivity contribution < 1.29 is 4.43 Å². The molecular formula is C22H46OSi. The van der Waals surface area contributed by atoms with E-state index in [2.05, 4.69) is 83.1 Å². The number of rotatable bonds is 0. The zero-order valence-corrected chi connectivity index (χ0v) is 20.4. The van der Waals surface area contributed by atoms with Gasteiger partial charge in [0, 0.05) is 6.61 Å². The third-order valence-electron chi connectivity index (χ3n) is 10.5. The third-order valence-corrected chi connectivity index (χ3v) is 11.8. The van der Waals surface area contributed by atoms with Gasteiger partial charge in [0.1, 0.15) is 0 Å². The molecule has 2 fully saturated rings. The molecule has 24 heavy (non-hydrogen) atoms. The summed E-state index contributed by atoms with van der Waals surface area (Å²) in [6, 6.07) is 1.42. The van der Waals surface area contributed by atoms with Gasteiger partial charge in [0.25, 0.3) is 0 Å². The summed E-state index contributed by atoms with van der Waals surface area (Å²) in [6.07, 6.45) is 2.75. The van der Waals surface area contributed by atoms with E-state index in [9.17, 15) is 0 Å². The Kier molecular flexibility index (Phi) is 5.93. The second-order valence-corrected chi connectivity index (χ2v) is 12.9. The van der Waals surface area contributed by atoms with Crippen LogP contribution in [0.4, 0.5) is 0 Å². The summed E-state index contributed by atoms with van der Waals surface area (Å²) in [6.45, 7) is 30.8. The van der Waals surface area contributed by atoms with Gasteiger partial charge in [-0.3, -0.25) is 0 Å². The Hall–Kier alpha value is 0.177. The summed E-state index contributed by atoms with van der Waals surface area (Å²) < 4.78 is 5.21. The highest BCUT2D eigenvalue weighted by Crippen LogP contribution is 2.77. The molecule has 2 rings (SSSR count). The Morgan fingerprint density at radius 3 is 0.875 bits per heavy atom. The molecule has 0 aromatic heterocycles. The molecule has 1 nitrogen and oxygen atoms in total. The van der Waals surface area contributed by atoms with Crippen LogP contribution in [-0.2, 0) is 4.43 Å². The van der Waals surface area contributed by atoms with E-state index in [1.807, 2.05) is 0 Å². The molecule has 0 atom stereocenters. The van der Waals surface area contributed by atoms with Crippen molar-refractivity contribution in [3.8, 4) is 0 Å². The van der Waals surface area contributed by atoms with Crippen LogP contribution >= 0.6 is 0 Å². The fourth-order valence-corrected chi connectivity index (χ4v) is 6.54. The summed E-state index contributed by atoms with van der Waals surface area (Å²) >= 11 is 0. The van der Waals surface area contributed by atoms with Gasteiger partial charge in [0.15, 0.2) is 9.76 Å². The second kappa shape index (κ2) is 6.41. The molecule has 0 N–H and O–H groups in total. The van der Waals surface area contributed by atoms with Crippen LogP contribution in [0.5, 0.6) is 0 Å². The molecular weight excluding hydrogens is 308 g/mol. The molecule has 1 saturated carbocycles. The Morgan fingerprint density at radius 1 is 0.500 bits per heavy atom. The van der Waals surface area contributed by atoms with Crippen molar-refractivity contribution >= 4 is 9.76 Å². The molecule has 1 aliphatic heterocycles. The van der Waals surface area contributed by atoms with E-state index in [-0.39, 0.29) is 9.76 Å². The summed E-state index contributed by atoms with van der Waals surface area (Å²) in [5, 5.41) is 0. The second-order valence-electron chi connectivity index (χ2n) is 11.4. The van der Waals surface area contributed by atoms with Gasteiger partial charge in [-0.15, -0.1) is 0 Å². The van der Waals surface area contributed by atoms with E-state index >= 15 is 0 Å². The first-order valence-electron chi connectivity index (χ1n) is 10.1. The van der Waals surface area contributed by atoms with Crippen LogP contribution in [0, 0.1) is 32.5 Å². The standard InChI is InChI=1S/C18H36.C4H10OSi/c1-13(2)14(3,4)16(7,8)18(11,12)17(9,10)15(13,5)6;1-2-4-6-5-3-1/h1-12H3;1-4,6H2. The van der Waals surface area contributed by atoms with Crippen molar-refractivity contribution in [2.24, 2.45) is 32.5 Å². The highest BCUT2D eigenvalue weighted by atomic mass is 28.2. The van der Waals surface area contributed by atoms with Gasteiger partial charge in [-0.05, 0) is 45.0 Å². The first kappa shape index (κ1) is 22.2. The van der Waals surface area contributed by atoms with Gasteiger partial charge in [0.05, 0.1) is 0 Å². The Bertz CT molecular complexity index is 308. The van der Waals surface area contributed by atoms with E-state index < -0.39 is 0 Å². The molecule has 1 saturated heterocycles. The first-order valence-corrected chi connectivity index (χ1v) is 11.7. The zero-order chi connectivity index (χ0) is 19.2. The largest absolute Gasteiger partial charge is 0.424 e. The van der Waals surface area contributed by atoms with Crippen molar-refractivity contribution in [3.63, 3.8) is 0 Å². The molecule has 0 bridgehead atoms. The summed E-state index contributed by atoms with van der Waals surface area (Å²) in [5.74, 6) is 0. The van der Waals surface area contributed by atoms with Crippen molar-refractivity contribution in [2.45, 2.75) is 102 Å². The first-order chi connectivity index (χ1) is 10.5. The minimum absolute atomic E-state index is 0.00849. The van der Waals surface area contributed by atoms with Crippen molar-refractivity contribution in [1.29, 1.82) is 0 Å². The summed E-state index contributed by atoms with van der Waals surface area (Å²) in [7, 11) is 0.00849. The Labute approximate surface area is 155 Å². The maximum atomic E-state index is 5.21. The van der Waals surface area contributed by atoms with Gasteiger partial charge in [-0.1, -0.05) is 89.5 Å². The van der Waals surface area contributed by atoms with Crippen LogP contribution in [0.2, 0.25) is 6.04 Å². The molecule has 2 aliphatic rings. The average Bonchev–Trinajstić information content (AvgIpc) is 2.47. The SMILES string of the molecule is C1CC[SiH2]OC1.CC1(C)C(C)(C)C(C)(C)C(C)(C)C(C)(C)C1(C)C. The normalized spacial score (nSPS) is 32.5. The zero-order valence-electron chi connectivity index (χ0n) is 18.9. The van der Waals surface area contributed by atoms with Gasteiger partial charge in [0.2, 0.25) is 0 Å². The van der Waals surface area contributed by atoms with Crippen molar-refractivity contribution in [1.82, 2.24) is 0 Å². The lowest BCUT2D eigenvalue weighted by Crippen LogP contribution is -2.70. The molecule has 0 amide bonds. The Morgan fingerprint density at radius 2 is 0.792 bits per heavy atom. The van der Waals surface area contributed by atoms with Crippen LogP contribution in [-0.4, -0.2) is 16.4 Å². The van der Waals surface area contributed by atoms with E-state index in [4.69, 9.17) is 4.43 Å². The Balaban J connectivity index is 0.000000400. The predicted molar refractivity (Wildman–Crippen MR) is 111 cm³/mol. The molecule has 144 valence electrons. The number of hydrogen-bond acceptors (Lipinski definition) is 1. The molecule has 1 heterocycles. The molecule has 0 radical (unpaired) electrons.